The first-order valence-corrected chi connectivity index (χ1v) is 11.5. The molecule has 0 saturated carbocycles. The van der Waals surface area contributed by atoms with Crippen LogP contribution in [0.3, 0.4) is 0 Å². The fourth-order valence-electron chi connectivity index (χ4n) is 3.63. The van der Waals surface area contributed by atoms with Gasteiger partial charge in [-0.15, -0.1) is 0 Å². The van der Waals surface area contributed by atoms with Crippen molar-refractivity contribution < 1.29 is 26.9 Å². The fourth-order valence-corrected chi connectivity index (χ4v) is 6.14. The number of methoxy groups -OCH3 is 1. The number of carbonyl (C=O) groups excluding carboxylic acids is 1. The number of alkyl halides is 3. The molecule has 0 fully saturated rings. The number of ether oxygens (including phenoxy) is 1. The maximum atomic E-state index is 13.9. The third-order valence-electron chi connectivity index (χ3n) is 5.15. The Kier molecular flexibility index (Phi) is 5.82. The van der Waals surface area contributed by atoms with Crippen LogP contribution in [0.25, 0.3) is 0 Å². The summed E-state index contributed by atoms with van der Waals surface area (Å²) in [6.45, 7) is 0. The van der Waals surface area contributed by atoms with Gasteiger partial charge in [-0.1, -0.05) is 5.10 Å². The van der Waals surface area contributed by atoms with Gasteiger partial charge in [0, 0.05) is 18.4 Å². The molecule has 1 aliphatic rings. The first-order chi connectivity index (χ1) is 15.6. The van der Waals surface area contributed by atoms with Crippen LogP contribution in [-0.2, 0) is 29.4 Å². The number of hydrogen-bond acceptors (Lipinski definition) is 7. The summed E-state index contributed by atoms with van der Waals surface area (Å²) >= 11 is 0. The number of halogens is 3. The Morgan fingerprint density at radius 2 is 1.94 bits per heavy atom. The predicted molar refractivity (Wildman–Crippen MR) is 113 cm³/mol. The zero-order chi connectivity index (χ0) is 23.8. The predicted octanol–water partition coefficient (Wildman–Crippen LogP) is 3.59. The molecule has 1 unspecified atom stereocenters. The number of carbonyl (C=O) groups is 1. The first-order valence-electron chi connectivity index (χ1n) is 9.78. The van der Waals surface area contributed by atoms with Gasteiger partial charge in [0.15, 0.2) is 0 Å². The number of fused-ring (bicyclic) bond motifs is 1. The van der Waals surface area contributed by atoms with Crippen LogP contribution in [-0.4, -0.2) is 43.2 Å². The molecule has 13 heteroatoms. The smallest absolute Gasteiger partial charge is 0.417 e. The van der Waals surface area contributed by atoms with E-state index in [0.29, 0.717) is 12.2 Å². The number of tetrazole rings is 1. The molecule has 4 rings (SSSR count). The van der Waals surface area contributed by atoms with Crippen LogP contribution in [0.5, 0.6) is 5.75 Å². The molecule has 0 saturated heterocycles. The van der Waals surface area contributed by atoms with Crippen molar-refractivity contribution in [2.45, 2.75) is 23.9 Å². The average molecular weight is 480 g/mol. The molecule has 3 aromatic rings. The van der Waals surface area contributed by atoms with E-state index in [0.717, 1.165) is 12.1 Å². The van der Waals surface area contributed by atoms with Gasteiger partial charge in [-0.05, 0) is 65.2 Å². The lowest BCUT2D eigenvalue weighted by Crippen LogP contribution is -2.26. The second-order valence-corrected chi connectivity index (χ2v) is 9.56. The van der Waals surface area contributed by atoms with Gasteiger partial charge in [-0.25, -0.2) is 8.89 Å². The van der Waals surface area contributed by atoms with Crippen molar-refractivity contribution in [3.05, 3.63) is 53.1 Å². The normalized spacial score (nSPS) is 17.8. The standard InChI is InChI=1S/C20H19F3N6O3S/c1-29-19(25-27-28-29)24-18(30)15-9-10-16(20(21,22)23)17-14(15)4-3-11-33(17,31)26-12-5-7-13(32-2)8-6-12/h5-10H,3-4,11H2,1-2H3,(H,24,25,28,30). The molecule has 1 aliphatic heterocycles. The van der Waals surface area contributed by atoms with Crippen molar-refractivity contribution in [2.75, 3.05) is 18.2 Å². The lowest BCUT2D eigenvalue weighted by atomic mass is 9.98. The van der Waals surface area contributed by atoms with Gasteiger partial charge >= 0.3 is 6.18 Å². The highest BCUT2D eigenvalue weighted by Gasteiger charge is 2.40. The van der Waals surface area contributed by atoms with E-state index >= 15 is 0 Å². The van der Waals surface area contributed by atoms with Gasteiger partial charge in [0.25, 0.3) is 5.91 Å². The van der Waals surface area contributed by atoms with Gasteiger partial charge in [-0.3, -0.25) is 10.1 Å². The summed E-state index contributed by atoms with van der Waals surface area (Å²) in [6.07, 6.45) is -4.32. The maximum Gasteiger partial charge on any atom is 0.417 e. The minimum absolute atomic E-state index is 0.0214. The van der Waals surface area contributed by atoms with Gasteiger partial charge in [-0.2, -0.15) is 17.5 Å². The molecular weight excluding hydrogens is 461 g/mol. The molecule has 174 valence electrons. The summed E-state index contributed by atoms with van der Waals surface area (Å²) in [7, 11) is -0.550. The van der Waals surface area contributed by atoms with Crippen LogP contribution in [0.4, 0.5) is 24.8 Å². The quantitative estimate of drug-likeness (QED) is 0.611. The van der Waals surface area contributed by atoms with Crippen LogP contribution in [0.2, 0.25) is 0 Å². The minimum atomic E-state index is -4.78. The highest BCUT2D eigenvalue weighted by molar-refractivity contribution is 7.94. The third-order valence-corrected chi connectivity index (χ3v) is 7.60. The van der Waals surface area contributed by atoms with E-state index in [4.69, 9.17) is 4.74 Å². The summed E-state index contributed by atoms with van der Waals surface area (Å²) in [4.78, 5) is 12.5. The Labute approximate surface area is 187 Å². The van der Waals surface area contributed by atoms with Gasteiger partial charge in [0.1, 0.15) is 5.75 Å². The number of hydrogen-bond donors (Lipinski definition) is 1. The third kappa shape index (κ3) is 4.40. The molecule has 1 atom stereocenters. The Morgan fingerprint density at radius 3 is 2.55 bits per heavy atom. The molecule has 0 spiro atoms. The maximum absolute atomic E-state index is 13.9. The number of aryl methyl sites for hydroxylation is 1. The Hall–Kier alpha value is -3.48. The molecule has 1 aromatic heterocycles. The van der Waals surface area contributed by atoms with Crippen LogP contribution >= 0.6 is 0 Å². The van der Waals surface area contributed by atoms with Gasteiger partial charge < -0.3 is 4.74 Å². The van der Waals surface area contributed by atoms with Crippen molar-refractivity contribution in [2.24, 2.45) is 11.4 Å². The van der Waals surface area contributed by atoms with Crippen molar-refractivity contribution in [3.8, 4) is 5.75 Å². The number of anilines is 1. The summed E-state index contributed by atoms with van der Waals surface area (Å²) in [6, 6.07) is 8.05. The Morgan fingerprint density at radius 1 is 1.21 bits per heavy atom. The largest absolute Gasteiger partial charge is 0.497 e. The molecular formula is C20H19F3N6O3S. The SMILES string of the molecule is COc1ccc(N=S2(=O)CCCc3c(C(=O)Nc4nnnn4C)ccc(C(F)(F)F)c32)cc1. The number of amides is 1. The number of benzene rings is 2. The number of nitrogens with zero attached hydrogens (tertiary/aromatic N) is 5. The average Bonchev–Trinajstić information content (AvgIpc) is 3.17. The summed E-state index contributed by atoms with van der Waals surface area (Å²) < 4.78 is 66.2. The number of aromatic nitrogens is 4. The molecule has 0 radical (unpaired) electrons. The summed E-state index contributed by atoms with van der Waals surface area (Å²) in [5, 5.41) is 13.1. The zero-order valence-electron chi connectivity index (χ0n) is 17.6. The molecule has 33 heavy (non-hydrogen) atoms. The molecule has 2 aromatic carbocycles. The van der Waals surface area contributed by atoms with E-state index in [-0.39, 0.29) is 34.9 Å². The molecule has 0 bridgehead atoms. The first kappa shape index (κ1) is 22.7. The van der Waals surface area contributed by atoms with E-state index in [1.807, 2.05) is 0 Å². The van der Waals surface area contributed by atoms with Crippen molar-refractivity contribution >= 4 is 27.3 Å². The van der Waals surface area contributed by atoms with E-state index in [9.17, 15) is 22.2 Å². The number of rotatable bonds is 4. The van der Waals surface area contributed by atoms with Crippen LogP contribution in [0.1, 0.15) is 27.9 Å². The highest BCUT2D eigenvalue weighted by atomic mass is 32.2. The van der Waals surface area contributed by atoms with Crippen LogP contribution < -0.4 is 10.1 Å². The molecule has 1 N–H and O–H groups in total. The molecule has 9 nitrogen and oxygen atoms in total. The molecule has 2 heterocycles. The monoisotopic (exact) mass is 480 g/mol. The van der Waals surface area contributed by atoms with Crippen LogP contribution in [0.15, 0.2) is 45.7 Å². The minimum Gasteiger partial charge on any atom is -0.497 e. The van der Waals surface area contributed by atoms with Gasteiger partial charge in [0.2, 0.25) is 5.95 Å². The second-order valence-electron chi connectivity index (χ2n) is 7.28. The van der Waals surface area contributed by atoms with Crippen molar-refractivity contribution in [1.29, 1.82) is 0 Å². The van der Waals surface area contributed by atoms with Crippen LogP contribution in [0, 0.1) is 0 Å². The lowest BCUT2D eigenvalue weighted by Gasteiger charge is -2.26. The number of nitrogens with one attached hydrogen (secondary N) is 1. The second kappa shape index (κ2) is 8.46. The fraction of sp³-hybridized carbons (Fsp3) is 0.300. The summed E-state index contributed by atoms with van der Waals surface area (Å²) in [5.74, 6) is -0.215. The van der Waals surface area contributed by atoms with E-state index < -0.39 is 32.3 Å². The lowest BCUT2D eigenvalue weighted by molar-refractivity contribution is -0.140. The highest BCUT2D eigenvalue weighted by Crippen LogP contribution is 2.42. The Bertz CT molecular complexity index is 1330. The van der Waals surface area contributed by atoms with E-state index in [2.05, 4.69) is 25.2 Å². The molecule has 0 aliphatic carbocycles. The summed E-state index contributed by atoms with van der Waals surface area (Å²) in [5.41, 5.74) is -0.776. The van der Waals surface area contributed by atoms with E-state index in [1.54, 1.807) is 12.1 Å². The van der Waals surface area contributed by atoms with Crippen molar-refractivity contribution in [1.82, 2.24) is 20.2 Å². The van der Waals surface area contributed by atoms with E-state index in [1.165, 1.54) is 31.0 Å². The van der Waals surface area contributed by atoms with Gasteiger partial charge in [0.05, 0.1) is 33.0 Å². The molecule has 1 amide bonds. The Balaban J connectivity index is 1.88. The zero-order valence-corrected chi connectivity index (χ0v) is 18.4. The topological polar surface area (TPSA) is 111 Å². The van der Waals surface area contributed by atoms with Crippen molar-refractivity contribution in [3.63, 3.8) is 0 Å².